The summed E-state index contributed by atoms with van der Waals surface area (Å²) in [6.45, 7) is 8.19. The minimum Gasteiger partial charge on any atom is -0.497 e. The lowest BCUT2D eigenvalue weighted by Crippen LogP contribution is -2.40. The van der Waals surface area contributed by atoms with E-state index in [1.807, 2.05) is 11.0 Å². The average Bonchev–Trinajstić information content (AvgIpc) is 3.48. The number of unbranched alkanes of at least 4 members (excludes halogenated alkanes) is 1. The molecular weight excluding hydrogens is 618 g/mol. The van der Waals surface area contributed by atoms with Crippen LogP contribution in [0.3, 0.4) is 0 Å². The molecule has 11 heteroatoms. The maximum Gasteiger partial charge on any atom is 0.254 e. The Kier molecular flexibility index (Phi) is 11.4. The Balaban J connectivity index is 1.12. The van der Waals surface area contributed by atoms with Crippen LogP contribution in [0.15, 0.2) is 76.5 Å². The van der Waals surface area contributed by atoms with Crippen LogP contribution in [0.1, 0.15) is 55.5 Å². The molecule has 1 unspecified atom stereocenters. The fraction of sp³-hybridized carbons (Fsp3) is 0.444. The van der Waals surface area contributed by atoms with Crippen molar-refractivity contribution in [3.8, 4) is 17.2 Å². The summed E-state index contributed by atoms with van der Waals surface area (Å²) >= 11 is 0. The number of amides is 2. The van der Waals surface area contributed by atoms with Crippen molar-refractivity contribution in [2.45, 2.75) is 61.8 Å². The first-order chi connectivity index (χ1) is 22.7. The second kappa shape index (κ2) is 15.7. The van der Waals surface area contributed by atoms with Crippen molar-refractivity contribution in [2.75, 3.05) is 53.2 Å². The number of carbonyl (C=O) groups is 2. The predicted octanol–water partition coefficient (Wildman–Crippen LogP) is 5.05. The van der Waals surface area contributed by atoms with E-state index in [0.29, 0.717) is 48.9 Å². The largest absolute Gasteiger partial charge is 0.497 e. The summed E-state index contributed by atoms with van der Waals surface area (Å²) in [6.07, 6.45) is 4.27. The molecule has 10 nitrogen and oxygen atoms in total. The molecule has 2 heterocycles. The molecule has 5 rings (SSSR count). The van der Waals surface area contributed by atoms with Gasteiger partial charge in [-0.3, -0.25) is 9.59 Å². The van der Waals surface area contributed by atoms with Crippen LogP contribution < -0.4 is 14.2 Å². The molecule has 0 spiro atoms. The van der Waals surface area contributed by atoms with Gasteiger partial charge in [-0.2, -0.15) is 0 Å². The van der Waals surface area contributed by atoms with Crippen molar-refractivity contribution < 1.29 is 32.2 Å². The first-order valence-electron chi connectivity index (χ1n) is 16.4. The second-order valence-corrected chi connectivity index (χ2v) is 14.1. The van der Waals surface area contributed by atoms with Crippen LogP contribution in [0.5, 0.6) is 17.2 Å². The molecule has 2 amide bonds. The van der Waals surface area contributed by atoms with E-state index in [1.54, 1.807) is 66.6 Å². The average molecular weight is 664 g/mol. The SMILES string of the molecule is CCCN(CCCCN1CCCN(C(=O)c2ccc(OC)cc2)CC1=O)C(C)Cc1cccc(S(=O)(=O)c2ccc3c(c2)OCO3)c1. The Morgan fingerprint density at radius 2 is 1.72 bits per heavy atom. The van der Waals surface area contributed by atoms with E-state index in [4.69, 9.17) is 14.2 Å². The molecule has 3 aromatic rings. The highest BCUT2D eigenvalue weighted by atomic mass is 32.2. The number of ether oxygens (including phenoxy) is 3. The molecule has 252 valence electrons. The van der Waals surface area contributed by atoms with Gasteiger partial charge in [-0.15, -0.1) is 0 Å². The first kappa shape index (κ1) is 34.3. The summed E-state index contributed by atoms with van der Waals surface area (Å²) in [6, 6.07) is 19.1. The minimum absolute atomic E-state index is 0.0151. The molecule has 0 N–H and O–H groups in total. The molecule has 0 saturated carbocycles. The molecule has 2 aliphatic heterocycles. The molecule has 1 saturated heterocycles. The topological polar surface area (TPSA) is 106 Å². The van der Waals surface area contributed by atoms with Crippen molar-refractivity contribution in [2.24, 2.45) is 0 Å². The number of carbonyl (C=O) groups excluding carboxylic acids is 2. The zero-order chi connectivity index (χ0) is 33.4. The number of nitrogens with zero attached hydrogens (tertiary/aromatic N) is 3. The van der Waals surface area contributed by atoms with Crippen LogP contribution in [0.25, 0.3) is 0 Å². The lowest BCUT2D eigenvalue weighted by atomic mass is 10.1. The van der Waals surface area contributed by atoms with E-state index in [0.717, 1.165) is 44.3 Å². The minimum atomic E-state index is -3.72. The number of fused-ring (bicyclic) bond motifs is 1. The Labute approximate surface area is 278 Å². The third-order valence-electron chi connectivity index (χ3n) is 8.81. The van der Waals surface area contributed by atoms with E-state index in [9.17, 15) is 18.0 Å². The molecule has 0 bridgehead atoms. The molecule has 3 aromatic carbocycles. The Morgan fingerprint density at radius 3 is 2.49 bits per heavy atom. The Bertz CT molecular complexity index is 1640. The van der Waals surface area contributed by atoms with Crippen LogP contribution in [-0.4, -0.2) is 94.1 Å². The van der Waals surface area contributed by atoms with Crippen molar-refractivity contribution >= 4 is 21.7 Å². The van der Waals surface area contributed by atoms with Crippen LogP contribution in [-0.2, 0) is 21.1 Å². The maximum atomic E-state index is 13.4. The molecule has 47 heavy (non-hydrogen) atoms. The van der Waals surface area contributed by atoms with E-state index < -0.39 is 9.84 Å². The number of sulfone groups is 1. The van der Waals surface area contributed by atoms with Crippen LogP contribution in [0, 0.1) is 0 Å². The molecule has 0 radical (unpaired) electrons. The van der Waals surface area contributed by atoms with Gasteiger partial charge in [-0.1, -0.05) is 19.1 Å². The van der Waals surface area contributed by atoms with Gasteiger partial charge in [0.25, 0.3) is 5.91 Å². The summed E-state index contributed by atoms with van der Waals surface area (Å²) in [7, 11) is -2.13. The van der Waals surface area contributed by atoms with E-state index in [2.05, 4.69) is 18.7 Å². The molecule has 1 atom stereocenters. The number of hydrogen-bond donors (Lipinski definition) is 0. The Morgan fingerprint density at radius 1 is 0.957 bits per heavy atom. The summed E-state index contributed by atoms with van der Waals surface area (Å²) in [4.78, 5) is 32.5. The monoisotopic (exact) mass is 663 g/mol. The van der Waals surface area contributed by atoms with E-state index in [-0.39, 0.29) is 41.0 Å². The van der Waals surface area contributed by atoms with Crippen molar-refractivity contribution in [3.63, 3.8) is 0 Å². The van der Waals surface area contributed by atoms with Gasteiger partial charge in [0.15, 0.2) is 11.5 Å². The number of hydrogen-bond acceptors (Lipinski definition) is 8. The van der Waals surface area contributed by atoms with Gasteiger partial charge < -0.3 is 28.9 Å². The summed E-state index contributed by atoms with van der Waals surface area (Å²) in [5.41, 5.74) is 1.51. The van der Waals surface area contributed by atoms with Gasteiger partial charge >= 0.3 is 0 Å². The normalized spacial score (nSPS) is 15.5. The highest BCUT2D eigenvalue weighted by Crippen LogP contribution is 2.35. The van der Waals surface area contributed by atoms with Gasteiger partial charge in [0.2, 0.25) is 22.5 Å². The zero-order valence-electron chi connectivity index (χ0n) is 27.5. The highest BCUT2D eigenvalue weighted by molar-refractivity contribution is 7.91. The van der Waals surface area contributed by atoms with Crippen molar-refractivity contribution in [1.29, 1.82) is 0 Å². The van der Waals surface area contributed by atoms with Crippen LogP contribution >= 0.6 is 0 Å². The van der Waals surface area contributed by atoms with E-state index in [1.165, 1.54) is 6.07 Å². The maximum absolute atomic E-state index is 13.4. The lowest BCUT2D eigenvalue weighted by molar-refractivity contribution is -0.130. The van der Waals surface area contributed by atoms with Crippen LogP contribution in [0.4, 0.5) is 0 Å². The van der Waals surface area contributed by atoms with Gasteiger partial charge in [0.1, 0.15) is 12.3 Å². The van der Waals surface area contributed by atoms with E-state index >= 15 is 0 Å². The quantitative estimate of drug-likeness (QED) is 0.221. The molecule has 1 fully saturated rings. The zero-order valence-corrected chi connectivity index (χ0v) is 28.3. The third-order valence-corrected chi connectivity index (χ3v) is 10.6. The predicted molar refractivity (Wildman–Crippen MR) is 179 cm³/mol. The number of methoxy groups -OCH3 is 1. The van der Waals surface area contributed by atoms with Crippen LogP contribution in [0.2, 0.25) is 0 Å². The van der Waals surface area contributed by atoms with Gasteiger partial charge in [0, 0.05) is 37.3 Å². The second-order valence-electron chi connectivity index (χ2n) is 12.2. The summed E-state index contributed by atoms with van der Waals surface area (Å²) < 4.78 is 42.8. The van der Waals surface area contributed by atoms with Gasteiger partial charge in [0.05, 0.1) is 16.9 Å². The standard InChI is InChI=1S/C36H45N3O7S/c1-4-17-37(18-5-6-19-38-20-8-21-39(25-35(38)40)36(41)29-11-13-30(44-3)14-12-29)27(2)22-28-9-7-10-31(23-28)47(42,43)32-15-16-33-34(24-32)46-26-45-33/h7,9-16,23-24,27H,4-6,8,17-22,25-26H2,1-3H3. The van der Waals surface area contributed by atoms with Crippen molar-refractivity contribution in [1.82, 2.24) is 14.7 Å². The highest BCUT2D eigenvalue weighted by Gasteiger charge is 2.26. The molecule has 2 aliphatic rings. The fourth-order valence-electron chi connectivity index (χ4n) is 6.19. The number of benzene rings is 3. The van der Waals surface area contributed by atoms with Gasteiger partial charge in [-0.25, -0.2) is 8.42 Å². The number of rotatable bonds is 14. The first-order valence-corrected chi connectivity index (χ1v) is 17.9. The fourth-order valence-corrected chi connectivity index (χ4v) is 7.54. The molecule has 0 aromatic heterocycles. The molecule has 0 aliphatic carbocycles. The van der Waals surface area contributed by atoms with Crippen molar-refractivity contribution in [3.05, 3.63) is 77.9 Å². The molecular formula is C36H45N3O7S. The summed E-state index contributed by atoms with van der Waals surface area (Å²) in [5.74, 6) is 1.52. The lowest BCUT2D eigenvalue weighted by Gasteiger charge is -2.29. The van der Waals surface area contributed by atoms with Gasteiger partial charge in [-0.05, 0) is 106 Å². The summed E-state index contributed by atoms with van der Waals surface area (Å²) in [5, 5.41) is 0. The third kappa shape index (κ3) is 8.44. The smallest absolute Gasteiger partial charge is 0.254 e. The Hall–Kier alpha value is -4.09.